The number of hydrogen-bond donors (Lipinski definition) is 3. The third-order valence-corrected chi connectivity index (χ3v) is 7.80. The molecule has 2 fully saturated rings. The molecule has 2 aromatic rings. The molecular weight excluding hydrogens is 416 g/mol. The number of rotatable bonds is 8. The van der Waals surface area contributed by atoms with Gasteiger partial charge in [0, 0.05) is 35.2 Å². The van der Waals surface area contributed by atoms with Crippen LogP contribution in [0, 0.1) is 5.92 Å². The Labute approximate surface area is 193 Å². The van der Waals surface area contributed by atoms with Crippen LogP contribution in [0.5, 0.6) is 0 Å². The Bertz CT molecular complexity index is 1090. The number of Topliss-reactive ketones (excluding diaryl/α,β-unsaturated/α-hetero) is 2. The van der Waals surface area contributed by atoms with Gasteiger partial charge in [-0.25, -0.2) is 0 Å². The van der Waals surface area contributed by atoms with Crippen LogP contribution in [0.15, 0.2) is 54.6 Å². The molecule has 0 spiro atoms. The summed E-state index contributed by atoms with van der Waals surface area (Å²) in [6.07, 6.45) is 4.21. The lowest BCUT2D eigenvalue weighted by Gasteiger charge is -2.47. The van der Waals surface area contributed by atoms with Gasteiger partial charge in [-0.15, -0.1) is 0 Å². The van der Waals surface area contributed by atoms with Gasteiger partial charge in [0.05, 0.1) is 0 Å². The molecule has 6 nitrogen and oxygen atoms in total. The largest absolute Gasteiger partial charge is 0.480 e. The van der Waals surface area contributed by atoms with Gasteiger partial charge in [-0.2, -0.15) is 0 Å². The Hall–Kier alpha value is -2.99. The standard InChI is InChI=1S/C27H30N2O4/c1-26(14-15-26)29-27(25(32)33,16-22(30)24(31)17-8-3-2-4-9-17)23-18-10-5-6-12-20(18)28-21-13-7-11-19(21)23/h2-6,8-10,12,19,21,23,28-29H,7,11,13-16H2,1H3,(H,32,33)/t19-,21+,23?,27?/m0/s1. The molecule has 0 radical (unpaired) electrons. The zero-order chi connectivity index (χ0) is 23.2. The summed E-state index contributed by atoms with van der Waals surface area (Å²) in [6.45, 7) is 2.01. The number of carbonyl (C=O) groups excluding carboxylic acids is 2. The van der Waals surface area contributed by atoms with Crippen molar-refractivity contribution >= 4 is 23.2 Å². The number of ketones is 2. The first kappa shape index (κ1) is 21.8. The average Bonchev–Trinajstić information content (AvgIpc) is 3.35. The minimum Gasteiger partial charge on any atom is -0.480 e. The molecule has 0 aromatic heterocycles. The molecule has 1 heterocycles. The van der Waals surface area contributed by atoms with E-state index in [1.807, 2.05) is 31.2 Å². The van der Waals surface area contributed by atoms with Gasteiger partial charge in [0.25, 0.3) is 0 Å². The van der Waals surface area contributed by atoms with Crippen molar-refractivity contribution in [3.63, 3.8) is 0 Å². The van der Waals surface area contributed by atoms with Crippen molar-refractivity contribution in [1.82, 2.24) is 5.32 Å². The van der Waals surface area contributed by atoms with Crippen molar-refractivity contribution < 1.29 is 19.5 Å². The number of hydrogen-bond acceptors (Lipinski definition) is 5. The molecule has 172 valence electrons. The predicted molar refractivity (Wildman–Crippen MR) is 125 cm³/mol. The summed E-state index contributed by atoms with van der Waals surface area (Å²) in [7, 11) is 0. The van der Waals surface area contributed by atoms with E-state index in [-0.39, 0.29) is 23.9 Å². The smallest absolute Gasteiger partial charge is 0.325 e. The van der Waals surface area contributed by atoms with Crippen molar-refractivity contribution in [3.8, 4) is 0 Å². The highest BCUT2D eigenvalue weighted by atomic mass is 16.4. The number of carboxylic acid groups (broad SMARTS) is 1. The van der Waals surface area contributed by atoms with E-state index in [2.05, 4.69) is 10.6 Å². The second kappa shape index (κ2) is 8.10. The maximum Gasteiger partial charge on any atom is 0.325 e. The molecule has 6 heteroatoms. The normalized spacial score (nSPS) is 26.3. The van der Waals surface area contributed by atoms with Gasteiger partial charge in [0.15, 0.2) is 0 Å². The second-order valence-electron chi connectivity index (χ2n) is 10.2. The third kappa shape index (κ3) is 3.86. The minimum absolute atomic E-state index is 0.0745. The summed E-state index contributed by atoms with van der Waals surface area (Å²) in [5, 5.41) is 17.8. The predicted octanol–water partition coefficient (Wildman–Crippen LogP) is 4.17. The third-order valence-electron chi connectivity index (χ3n) is 7.80. The Kier molecular flexibility index (Phi) is 5.36. The molecule has 0 amide bonds. The quantitative estimate of drug-likeness (QED) is 0.416. The number of aliphatic carboxylic acids is 1. The van der Waals surface area contributed by atoms with Crippen LogP contribution in [0.3, 0.4) is 0 Å². The molecule has 2 aliphatic carbocycles. The van der Waals surface area contributed by atoms with Gasteiger partial charge >= 0.3 is 5.97 Å². The average molecular weight is 447 g/mol. The van der Waals surface area contributed by atoms with Gasteiger partial charge in [-0.3, -0.25) is 19.7 Å². The molecule has 33 heavy (non-hydrogen) atoms. The highest BCUT2D eigenvalue weighted by Gasteiger charge is 2.59. The van der Waals surface area contributed by atoms with Crippen LogP contribution in [0.1, 0.15) is 67.3 Å². The number of benzene rings is 2. The lowest BCUT2D eigenvalue weighted by Crippen LogP contribution is -2.64. The van der Waals surface area contributed by atoms with E-state index >= 15 is 0 Å². The fraction of sp³-hybridized carbons (Fsp3) is 0.444. The van der Waals surface area contributed by atoms with E-state index in [4.69, 9.17) is 0 Å². The van der Waals surface area contributed by atoms with Gasteiger partial charge in [0.1, 0.15) is 5.54 Å². The molecule has 5 rings (SSSR count). The summed E-state index contributed by atoms with van der Waals surface area (Å²) in [4.78, 5) is 39.5. The van der Waals surface area contributed by atoms with Crippen LogP contribution in [-0.2, 0) is 9.59 Å². The number of nitrogens with one attached hydrogen (secondary N) is 2. The van der Waals surface area contributed by atoms with Crippen LogP contribution in [0.4, 0.5) is 5.69 Å². The van der Waals surface area contributed by atoms with Crippen LogP contribution >= 0.6 is 0 Å². The fourth-order valence-corrected chi connectivity index (χ4v) is 5.96. The molecule has 2 saturated carbocycles. The van der Waals surface area contributed by atoms with E-state index in [9.17, 15) is 19.5 Å². The van der Waals surface area contributed by atoms with Gasteiger partial charge in [-0.05, 0) is 50.2 Å². The molecule has 1 aliphatic heterocycles. The highest BCUT2D eigenvalue weighted by molar-refractivity contribution is 6.44. The number of carboxylic acids is 1. The van der Waals surface area contributed by atoms with E-state index < -0.39 is 29.0 Å². The lowest BCUT2D eigenvalue weighted by atomic mass is 9.65. The molecule has 0 saturated heterocycles. The van der Waals surface area contributed by atoms with Crippen molar-refractivity contribution in [2.24, 2.45) is 5.92 Å². The Morgan fingerprint density at radius 3 is 2.45 bits per heavy atom. The summed E-state index contributed by atoms with van der Waals surface area (Å²) >= 11 is 0. The van der Waals surface area contributed by atoms with Gasteiger partial charge in [-0.1, -0.05) is 55.0 Å². The monoisotopic (exact) mass is 446 g/mol. The molecule has 2 unspecified atom stereocenters. The lowest BCUT2D eigenvalue weighted by molar-refractivity contribution is -0.149. The maximum absolute atomic E-state index is 13.3. The summed E-state index contributed by atoms with van der Waals surface area (Å²) < 4.78 is 0. The highest BCUT2D eigenvalue weighted by Crippen LogP contribution is 2.53. The summed E-state index contributed by atoms with van der Waals surface area (Å²) in [5.41, 5.74) is 0.241. The summed E-state index contributed by atoms with van der Waals surface area (Å²) in [6, 6.07) is 16.4. The molecular formula is C27H30N2O4. The zero-order valence-electron chi connectivity index (χ0n) is 18.8. The van der Waals surface area contributed by atoms with E-state index in [0.29, 0.717) is 5.56 Å². The zero-order valence-corrected chi connectivity index (χ0v) is 18.8. The maximum atomic E-state index is 13.3. The van der Waals surface area contributed by atoms with Crippen molar-refractivity contribution in [1.29, 1.82) is 0 Å². The Morgan fingerprint density at radius 1 is 1.06 bits per heavy atom. The molecule has 3 N–H and O–H groups in total. The van der Waals surface area contributed by atoms with Crippen molar-refractivity contribution in [3.05, 3.63) is 65.7 Å². The minimum atomic E-state index is -1.56. The second-order valence-corrected chi connectivity index (χ2v) is 10.2. The first-order valence-corrected chi connectivity index (χ1v) is 11.8. The van der Waals surface area contributed by atoms with Crippen molar-refractivity contribution in [2.45, 2.75) is 68.5 Å². The number of anilines is 1. The number of fused-ring (bicyclic) bond motifs is 2. The molecule has 0 bridgehead atoms. The number of carbonyl (C=O) groups is 3. The first-order valence-electron chi connectivity index (χ1n) is 11.8. The Morgan fingerprint density at radius 2 is 1.76 bits per heavy atom. The fourth-order valence-electron chi connectivity index (χ4n) is 5.96. The number of para-hydroxylation sites is 1. The molecule has 3 aliphatic rings. The van der Waals surface area contributed by atoms with E-state index in [1.54, 1.807) is 30.3 Å². The molecule has 2 aromatic carbocycles. The van der Waals surface area contributed by atoms with Crippen LogP contribution in [0.2, 0.25) is 0 Å². The van der Waals surface area contributed by atoms with E-state index in [1.165, 1.54) is 0 Å². The Balaban J connectivity index is 1.60. The topological polar surface area (TPSA) is 95.5 Å². The first-order chi connectivity index (χ1) is 15.8. The van der Waals surface area contributed by atoms with Crippen molar-refractivity contribution in [2.75, 3.05) is 5.32 Å². The summed E-state index contributed by atoms with van der Waals surface area (Å²) in [5.74, 6) is -2.69. The van der Waals surface area contributed by atoms with Crippen LogP contribution < -0.4 is 10.6 Å². The SMILES string of the molecule is CC1(NC(CC(=O)C(=O)c2ccccc2)(C(=O)O)C2c3ccccc3N[C@@H]3CCC[C@H]23)CC1. The van der Waals surface area contributed by atoms with Gasteiger partial charge < -0.3 is 10.4 Å². The van der Waals surface area contributed by atoms with Crippen LogP contribution in [0.25, 0.3) is 0 Å². The van der Waals surface area contributed by atoms with Crippen LogP contribution in [-0.4, -0.2) is 39.8 Å². The van der Waals surface area contributed by atoms with E-state index in [0.717, 1.165) is 43.4 Å². The van der Waals surface area contributed by atoms with Gasteiger partial charge in [0.2, 0.25) is 11.6 Å². The molecule has 4 atom stereocenters.